The van der Waals surface area contributed by atoms with Gasteiger partial charge in [0.1, 0.15) is 0 Å². The van der Waals surface area contributed by atoms with E-state index in [0.717, 1.165) is 12.8 Å². The van der Waals surface area contributed by atoms with Crippen LogP contribution in [0.25, 0.3) is 0 Å². The maximum Gasteiger partial charge on any atom is 0.305 e. The van der Waals surface area contributed by atoms with Crippen LogP contribution < -0.4 is 0 Å². The Morgan fingerprint density at radius 2 is 1.32 bits per heavy atom. The summed E-state index contributed by atoms with van der Waals surface area (Å²) < 4.78 is 10.2. The molecule has 0 aromatic carbocycles. The molecule has 130 valence electrons. The van der Waals surface area contributed by atoms with Gasteiger partial charge >= 0.3 is 5.97 Å². The Kier molecular flexibility index (Phi) is 11.4. The molecule has 0 aromatic rings. The van der Waals surface area contributed by atoms with Gasteiger partial charge in [-0.15, -0.1) is 0 Å². The third kappa shape index (κ3) is 10.2. The second kappa shape index (κ2) is 12.9. The first kappa shape index (κ1) is 19.5. The molecule has 1 rings (SSSR count). The van der Waals surface area contributed by atoms with Gasteiger partial charge in [-0.05, 0) is 19.3 Å². The molecular weight excluding hydrogens is 276 g/mol. The number of carbonyl (C=O) groups is 1. The van der Waals surface area contributed by atoms with Crippen molar-refractivity contribution in [2.24, 2.45) is 0 Å². The summed E-state index contributed by atoms with van der Waals surface area (Å²) in [6.45, 7) is 2.21. The van der Waals surface area contributed by atoms with E-state index in [1.165, 1.54) is 77.7 Å². The van der Waals surface area contributed by atoms with E-state index in [1.807, 2.05) is 0 Å². The largest absolute Gasteiger partial charge is 0.469 e. The van der Waals surface area contributed by atoms with Crippen LogP contribution >= 0.6 is 0 Å². The molecule has 1 aliphatic heterocycles. The maximum atomic E-state index is 10.9. The van der Waals surface area contributed by atoms with Gasteiger partial charge in [-0.1, -0.05) is 71.1 Å². The van der Waals surface area contributed by atoms with Crippen LogP contribution in [-0.4, -0.2) is 25.3 Å². The fourth-order valence-electron chi connectivity index (χ4n) is 3.10. The summed E-state index contributed by atoms with van der Waals surface area (Å²) in [6, 6.07) is 0. The van der Waals surface area contributed by atoms with E-state index < -0.39 is 0 Å². The molecular formula is C19H36O3. The molecule has 0 aromatic heterocycles. The molecule has 1 saturated heterocycles. The third-order valence-corrected chi connectivity index (χ3v) is 4.69. The van der Waals surface area contributed by atoms with Crippen molar-refractivity contribution >= 4 is 5.97 Å². The summed E-state index contributed by atoms with van der Waals surface area (Å²) in [7, 11) is 1.46. The third-order valence-electron chi connectivity index (χ3n) is 4.69. The molecule has 1 fully saturated rings. The van der Waals surface area contributed by atoms with Crippen molar-refractivity contribution in [1.29, 1.82) is 0 Å². The van der Waals surface area contributed by atoms with Gasteiger partial charge in [0.2, 0.25) is 0 Å². The standard InChI is InChI=1S/C19H36O3/c1-3-17-18(22-17)15-13-11-9-7-5-4-6-8-10-12-14-16-19(20)21-2/h17-18H,3-16H2,1-2H3/t17-,18-/m1/s1. The average Bonchev–Trinajstić information content (AvgIpc) is 3.30. The second-order valence-electron chi connectivity index (χ2n) is 6.63. The molecule has 0 aliphatic carbocycles. The molecule has 0 bridgehead atoms. The number of methoxy groups -OCH3 is 1. The Morgan fingerprint density at radius 1 is 0.818 bits per heavy atom. The molecule has 22 heavy (non-hydrogen) atoms. The van der Waals surface area contributed by atoms with E-state index in [9.17, 15) is 4.79 Å². The maximum absolute atomic E-state index is 10.9. The lowest BCUT2D eigenvalue weighted by Gasteiger charge is -2.03. The van der Waals surface area contributed by atoms with Gasteiger partial charge in [0, 0.05) is 6.42 Å². The van der Waals surface area contributed by atoms with Gasteiger partial charge in [-0.3, -0.25) is 4.79 Å². The number of carbonyl (C=O) groups excluding carboxylic acids is 1. The minimum absolute atomic E-state index is 0.0709. The molecule has 0 saturated carbocycles. The average molecular weight is 312 g/mol. The quantitative estimate of drug-likeness (QED) is 0.230. The van der Waals surface area contributed by atoms with E-state index >= 15 is 0 Å². The van der Waals surface area contributed by atoms with Crippen LogP contribution in [0, 0.1) is 0 Å². The highest BCUT2D eigenvalue weighted by atomic mass is 16.6. The minimum atomic E-state index is -0.0709. The summed E-state index contributed by atoms with van der Waals surface area (Å²) >= 11 is 0. The van der Waals surface area contributed by atoms with Crippen LogP contribution in [0.5, 0.6) is 0 Å². The van der Waals surface area contributed by atoms with Crippen LogP contribution in [0.2, 0.25) is 0 Å². The molecule has 0 spiro atoms. The van der Waals surface area contributed by atoms with Crippen molar-refractivity contribution in [2.45, 2.75) is 109 Å². The minimum Gasteiger partial charge on any atom is -0.469 e. The summed E-state index contributed by atoms with van der Waals surface area (Å²) in [5, 5.41) is 0. The zero-order chi connectivity index (χ0) is 16.0. The molecule has 1 aliphatic rings. The zero-order valence-electron chi connectivity index (χ0n) is 14.8. The number of epoxide rings is 1. The first-order valence-electron chi connectivity index (χ1n) is 9.50. The smallest absolute Gasteiger partial charge is 0.305 e. The predicted molar refractivity (Wildman–Crippen MR) is 91.0 cm³/mol. The van der Waals surface area contributed by atoms with Gasteiger partial charge in [0.25, 0.3) is 0 Å². The molecule has 0 N–H and O–H groups in total. The van der Waals surface area contributed by atoms with Gasteiger partial charge in [0.15, 0.2) is 0 Å². The molecule has 0 amide bonds. The topological polar surface area (TPSA) is 38.8 Å². The number of hydrogen-bond acceptors (Lipinski definition) is 3. The lowest BCUT2D eigenvalue weighted by molar-refractivity contribution is -0.140. The van der Waals surface area contributed by atoms with Crippen LogP contribution in [0.15, 0.2) is 0 Å². The van der Waals surface area contributed by atoms with Gasteiger partial charge < -0.3 is 9.47 Å². The Bertz CT molecular complexity index is 278. The fourth-order valence-corrected chi connectivity index (χ4v) is 3.10. The van der Waals surface area contributed by atoms with Crippen molar-refractivity contribution in [3.05, 3.63) is 0 Å². The fraction of sp³-hybridized carbons (Fsp3) is 0.947. The Balaban J connectivity index is 1.67. The highest BCUT2D eigenvalue weighted by Gasteiger charge is 2.35. The molecule has 2 atom stereocenters. The normalized spacial score (nSPS) is 20.1. The van der Waals surface area contributed by atoms with Gasteiger partial charge in [-0.25, -0.2) is 0 Å². The van der Waals surface area contributed by atoms with E-state index in [2.05, 4.69) is 11.7 Å². The molecule has 0 unspecified atom stereocenters. The van der Waals surface area contributed by atoms with Crippen LogP contribution in [-0.2, 0) is 14.3 Å². The number of hydrogen-bond donors (Lipinski definition) is 0. The number of unbranched alkanes of at least 4 members (excludes halogenated alkanes) is 10. The number of ether oxygens (including phenoxy) is 2. The number of rotatable bonds is 15. The van der Waals surface area contributed by atoms with Gasteiger partial charge in [0.05, 0.1) is 19.3 Å². The second-order valence-corrected chi connectivity index (χ2v) is 6.63. The summed E-state index contributed by atoms with van der Waals surface area (Å²) in [6.07, 6.45) is 18.6. The molecule has 0 radical (unpaired) electrons. The summed E-state index contributed by atoms with van der Waals surface area (Å²) in [4.78, 5) is 10.9. The van der Waals surface area contributed by atoms with Crippen molar-refractivity contribution in [1.82, 2.24) is 0 Å². The highest BCUT2D eigenvalue weighted by Crippen LogP contribution is 2.29. The van der Waals surface area contributed by atoms with Crippen molar-refractivity contribution < 1.29 is 14.3 Å². The first-order chi connectivity index (χ1) is 10.8. The lowest BCUT2D eigenvalue weighted by atomic mass is 10.0. The molecule has 1 heterocycles. The monoisotopic (exact) mass is 312 g/mol. The van der Waals surface area contributed by atoms with E-state index in [-0.39, 0.29) is 5.97 Å². The zero-order valence-corrected chi connectivity index (χ0v) is 14.8. The van der Waals surface area contributed by atoms with E-state index in [1.54, 1.807) is 0 Å². The lowest BCUT2D eigenvalue weighted by Crippen LogP contribution is -1.99. The highest BCUT2D eigenvalue weighted by molar-refractivity contribution is 5.68. The predicted octanol–water partition coefficient (Wildman–Crippen LogP) is 5.41. The van der Waals surface area contributed by atoms with Crippen LogP contribution in [0.3, 0.4) is 0 Å². The van der Waals surface area contributed by atoms with Crippen molar-refractivity contribution in [3.63, 3.8) is 0 Å². The van der Waals surface area contributed by atoms with E-state index in [0.29, 0.717) is 18.6 Å². The van der Waals surface area contributed by atoms with Crippen molar-refractivity contribution in [2.75, 3.05) is 7.11 Å². The van der Waals surface area contributed by atoms with Crippen molar-refractivity contribution in [3.8, 4) is 0 Å². The Labute approximate surface area is 137 Å². The first-order valence-corrected chi connectivity index (χ1v) is 9.50. The summed E-state index contributed by atoms with van der Waals surface area (Å²) in [5.41, 5.74) is 0. The summed E-state index contributed by atoms with van der Waals surface area (Å²) in [5.74, 6) is -0.0709. The molecule has 3 heteroatoms. The Hall–Kier alpha value is -0.570. The molecule has 3 nitrogen and oxygen atoms in total. The SMILES string of the molecule is CC[C@H]1O[C@@H]1CCCCCCCCCCCCCC(=O)OC. The van der Waals surface area contributed by atoms with E-state index in [4.69, 9.17) is 4.74 Å². The van der Waals surface area contributed by atoms with Crippen LogP contribution in [0.4, 0.5) is 0 Å². The Morgan fingerprint density at radius 3 is 1.77 bits per heavy atom. The van der Waals surface area contributed by atoms with Crippen LogP contribution in [0.1, 0.15) is 96.8 Å². The van der Waals surface area contributed by atoms with Gasteiger partial charge in [-0.2, -0.15) is 0 Å². The number of esters is 1.